The van der Waals surface area contributed by atoms with Gasteiger partial charge < -0.3 is 0 Å². The van der Waals surface area contributed by atoms with Gasteiger partial charge in [-0.3, -0.25) is 0 Å². The van der Waals surface area contributed by atoms with Gasteiger partial charge in [-0.2, -0.15) is 0 Å². The third-order valence-electron chi connectivity index (χ3n) is 0.224. The van der Waals surface area contributed by atoms with E-state index in [0.29, 0.717) is 0 Å². The van der Waals surface area contributed by atoms with Crippen molar-refractivity contribution in [2.24, 2.45) is 0 Å². The topological polar surface area (TPSA) is 3.01 Å². The van der Waals surface area contributed by atoms with Gasteiger partial charge in [0.1, 0.15) is 0 Å². The summed E-state index contributed by atoms with van der Waals surface area (Å²) in [4.78, 5) is 0. The molecule has 0 N–H and O–H groups in total. The van der Waals surface area contributed by atoms with E-state index in [-0.39, 0.29) is 0 Å². The van der Waals surface area contributed by atoms with Crippen molar-refractivity contribution in [1.29, 1.82) is 0 Å². The number of hydrogen-bond acceptors (Lipinski definition) is 1. The van der Waals surface area contributed by atoms with Crippen molar-refractivity contribution >= 4 is 26.1 Å². The van der Waals surface area contributed by atoms with E-state index in [1.165, 1.54) is 0 Å². The fourth-order valence-electron chi connectivity index (χ4n) is 0.0250. The van der Waals surface area contributed by atoms with Crippen LogP contribution in [0, 0.1) is 12.1 Å². The summed E-state index contributed by atoms with van der Waals surface area (Å²) in [6, 6.07) is 5.48. The first kappa shape index (κ1) is 2.52. The first-order valence-electron chi connectivity index (χ1n) is 0.921. The van der Waals surface area contributed by atoms with Gasteiger partial charge in [0.25, 0.3) is 0 Å². The summed E-state index contributed by atoms with van der Waals surface area (Å²) in [6.07, 6.45) is 0. The monoisotopic (exact) mass is 246 g/mol. The summed E-state index contributed by atoms with van der Waals surface area (Å²) in [6.45, 7) is 0. The standard InChI is InChI=1S/C2N.Pb/c1-2-3-1;/q-1;+1. The van der Waals surface area contributed by atoms with Crippen LogP contribution in [0.4, 0.5) is 0 Å². The summed E-state index contributed by atoms with van der Waals surface area (Å²) >= 11 is 1.07. The molecule has 0 atom stereocenters. The van der Waals surface area contributed by atoms with Gasteiger partial charge in [0.2, 0.25) is 0 Å². The zero-order valence-electron chi connectivity index (χ0n) is 1.95. The molecule has 0 fully saturated rings. The Morgan fingerprint density at radius 3 is 1.75 bits per heavy atom. The maximum atomic E-state index is 2.74. The van der Waals surface area contributed by atoms with Crippen molar-refractivity contribution in [1.82, 2.24) is 2.71 Å². The van der Waals surface area contributed by atoms with Crippen molar-refractivity contribution in [3.05, 3.63) is 0 Å². The molecule has 0 aliphatic carbocycles. The van der Waals surface area contributed by atoms with Crippen LogP contribution in [0.15, 0.2) is 0 Å². The van der Waals surface area contributed by atoms with Gasteiger partial charge in [0, 0.05) is 0 Å². The Hall–Kier alpha value is 0.282. The van der Waals surface area contributed by atoms with Crippen LogP contribution < -0.4 is 0 Å². The predicted octanol–water partition coefficient (Wildman–Crippen LogP) is -0.696. The van der Waals surface area contributed by atoms with Crippen LogP contribution in [0.1, 0.15) is 0 Å². The molecule has 0 unspecified atom stereocenters. The molecule has 1 heterocycles. The maximum absolute atomic E-state index is 2.74. The molecule has 17 valence electrons. The van der Waals surface area contributed by atoms with Crippen molar-refractivity contribution in [2.45, 2.75) is 0 Å². The molecule has 2 heteroatoms. The molecule has 1 aliphatic heterocycles. The molecule has 1 nitrogen and oxygen atoms in total. The number of nitrogens with zero attached hydrogens (tertiary/aromatic N) is 1. The van der Waals surface area contributed by atoms with E-state index >= 15 is 0 Å². The van der Waals surface area contributed by atoms with Crippen LogP contribution in [-0.4, -0.2) is 28.8 Å². The predicted molar refractivity (Wildman–Crippen MR) is 15.4 cm³/mol. The van der Waals surface area contributed by atoms with Crippen molar-refractivity contribution < 1.29 is 0 Å². The Morgan fingerprint density at radius 2 is 1.75 bits per heavy atom. The molecule has 0 amide bonds. The van der Waals surface area contributed by atoms with Crippen LogP contribution in [-0.2, 0) is 0 Å². The Morgan fingerprint density at radius 1 is 1.50 bits per heavy atom. The van der Waals surface area contributed by atoms with E-state index < -0.39 is 0 Å². The second-order valence-corrected chi connectivity index (χ2v) is 2.30. The molecule has 0 spiro atoms. The summed E-state index contributed by atoms with van der Waals surface area (Å²) in [5, 5.41) is 0. The van der Waals surface area contributed by atoms with E-state index in [9.17, 15) is 0 Å². The van der Waals surface area contributed by atoms with Crippen molar-refractivity contribution in [3.8, 4) is 12.1 Å². The summed E-state index contributed by atoms with van der Waals surface area (Å²) < 4.78 is 1.89. The molecular weight excluding hydrogens is 245 g/mol. The van der Waals surface area contributed by atoms with E-state index in [1.54, 1.807) is 0 Å². The van der Waals surface area contributed by atoms with E-state index in [0.717, 1.165) is 26.1 Å². The quantitative estimate of drug-likeness (QED) is 0.403. The van der Waals surface area contributed by atoms with E-state index in [4.69, 9.17) is 0 Å². The van der Waals surface area contributed by atoms with E-state index in [1.807, 2.05) is 2.71 Å². The molecule has 0 bridgehead atoms. The molecule has 1 rings (SSSR count). The third kappa shape index (κ3) is 0.348. The summed E-state index contributed by atoms with van der Waals surface area (Å²) in [7, 11) is 0. The van der Waals surface area contributed by atoms with Crippen LogP contribution in [0.25, 0.3) is 0 Å². The van der Waals surface area contributed by atoms with Gasteiger partial charge >= 0.3 is 40.9 Å². The van der Waals surface area contributed by atoms with Crippen LogP contribution in [0.3, 0.4) is 0 Å². The average molecular weight is 245 g/mol. The Bertz CT molecular complexity index is 69.8. The van der Waals surface area contributed by atoms with Gasteiger partial charge in [-0.15, -0.1) is 0 Å². The second-order valence-electron chi connectivity index (χ2n) is 0.559. The summed E-state index contributed by atoms with van der Waals surface area (Å²) in [5.74, 6) is 0. The van der Waals surface area contributed by atoms with Gasteiger partial charge in [-0.25, -0.2) is 0 Å². The van der Waals surface area contributed by atoms with Gasteiger partial charge in [0.15, 0.2) is 0 Å². The SMILES string of the molecule is [Pb][N]1C#C1. The molecule has 0 aromatic carbocycles. The number of rotatable bonds is 0. The van der Waals surface area contributed by atoms with Crippen molar-refractivity contribution in [2.75, 3.05) is 0 Å². The Kier molecular flexibility index (Phi) is 0.385. The second kappa shape index (κ2) is 0.613. The molecule has 0 aromatic rings. The first-order valence-corrected chi connectivity index (χ1v) is 2.66. The van der Waals surface area contributed by atoms with E-state index in [2.05, 4.69) is 12.1 Å². The minimum absolute atomic E-state index is 1.07. The fourth-order valence-corrected chi connectivity index (χ4v) is 0.219. The van der Waals surface area contributed by atoms with Crippen molar-refractivity contribution in [3.63, 3.8) is 0 Å². The Labute approximate surface area is 41.1 Å². The molecular formula is C2NPb. The van der Waals surface area contributed by atoms with Crippen LogP contribution >= 0.6 is 0 Å². The van der Waals surface area contributed by atoms with Gasteiger partial charge in [-0.05, 0) is 0 Å². The zero-order valence-corrected chi connectivity index (χ0v) is 5.83. The normalized spacial score (nSPS) is 13.8. The summed E-state index contributed by atoms with van der Waals surface area (Å²) in [5.41, 5.74) is 0. The fraction of sp³-hybridized carbons (Fsp3) is 0. The molecule has 3 radical (unpaired) electrons. The molecule has 0 saturated heterocycles. The van der Waals surface area contributed by atoms with Crippen LogP contribution in [0.2, 0.25) is 0 Å². The molecule has 1 aliphatic rings. The third-order valence-corrected chi connectivity index (χ3v) is 1.09. The zero-order chi connectivity index (χ0) is 2.99. The minimum atomic E-state index is 1.07. The number of hydrogen-bond donors (Lipinski definition) is 0. The van der Waals surface area contributed by atoms with Gasteiger partial charge in [0.05, 0.1) is 0 Å². The average Bonchev–Trinajstić information content (AvgIpc) is 1.75. The molecule has 0 aromatic heterocycles. The van der Waals surface area contributed by atoms with Crippen LogP contribution in [0.5, 0.6) is 0 Å². The molecule has 4 heavy (non-hydrogen) atoms. The molecule has 0 saturated carbocycles. The van der Waals surface area contributed by atoms with Gasteiger partial charge in [-0.1, -0.05) is 0 Å². The Balaban J connectivity index is 2.38. The first-order chi connectivity index (χ1) is 1.89.